The van der Waals surface area contributed by atoms with Crippen LogP contribution in [0.4, 0.5) is 16.3 Å². The number of aromatic nitrogens is 1. The third kappa shape index (κ3) is 3.51. The molecule has 0 spiro atoms. The van der Waals surface area contributed by atoms with Crippen LogP contribution in [-0.4, -0.2) is 33.7 Å². The molecule has 148 valence electrons. The van der Waals surface area contributed by atoms with Gasteiger partial charge < -0.3 is 15.8 Å². The molecule has 2 heterocycles. The Balaban J connectivity index is 1.47. The molecular formula is C22H28N4O2. The van der Waals surface area contributed by atoms with E-state index in [1.165, 1.54) is 0 Å². The van der Waals surface area contributed by atoms with Crippen LogP contribution >= 0.6 is 0 Å². The van der Waals surface area contributed by atoms with Gasteiger partial charge in [0.2, 0.25) is 0 Å². The van der Waals surface area contributed by atoms with E-state index in [1.807, 2.05) is 49.1 Å². The lowest BCUT2D eigenvalue weighted by molar-refractivity contribution is 0.0664. The van der Waals surface area contributed by atoms with Crippen LogP contribution in [0.5, 0.6) is 0 Å². The highest BCUT2D eigenvalue weighted by atomic mass is 16.6. The van der Waals surface area contributed by atoms with Gasteiger partial charge in [-0.2, -0.15) is 0 Å². The number of nitrogens with one attached hydrogen (secondary N) is 1. The van der Waals surface area contributed by atoms with Crippen LogP contribution in [0.1, 0.15) is 51.1 Å². The Morgan fingerprint density at radius 2 is 1.82 bits per heavy atom. The largest absolute Gasteiger partial charge is 0.441 e. The van der Waals surface area contributed by atoms with E-state index in [1.54, 1.807) is 6.20 Å². The summed E-state index contributed by atoms with van der Waals surface area (Å²) in [6, 6.07) is 14.5. The van der Waals surface area contributed by atoms with Crippen LogP contribution in [0.25, 0.3) is 0 Å². The van der Waals surface area contributed by atoms with Gasteiger partial charge in [0.25, 0.3) is 0 Å². The van der Waals surface area contributed by atoms with Crippen molar-refractivity contribution in [1.29, 1.82) is 0 Å². The summed E-state index contributed by atoms with van der Waals surface area (Å²) in [5, 5.41) is 3.51. The molecule has 1 aromatic carbocycles. The first-order valence-corrected chi connectivity index (χ1v) is 9.99. The SMILES string of the molecule is CC1(C)OC(=O)N(C2CCC(Nc3cccnc3N)CC2)C1c1ccccc1. The van der Waals surface area contributed by atoms with E-state index in [-0.39, 0.29) is 18.2 Å². The van der Waals surface area contributed by atoms with E-state index in [0.717, 1.165) is 36.9 Å². The van der Waals surface area contributed by atoms with Gasteiger partial charge in [-0.1, -0.05) is 30.3 Å². The number of carbonyl (C=O) groups is 1. The molecule has 28 heavy (non-hydrogen) atoms. The van der Waals surface area contributed by atoms with Gasteiger partial charge in [-0.05, 0) is 57.2 Å². The molecule has 1 aromatic heterocycles. The summed E-state index contributed by atoms with van der Waals surface area (Å²) >= 11 is 0. The average molecular weight is 380 g/mol. The van der Waals surface area contributed by atoms with Crippen LogP contribution in [0.15, 0.2) is 48.7 Å². The van der Waals surface area contributed by atoms with Gasteiger partial charge in [-0.25, -0.2) is 9.78 Å². The predicted molar refractivity (Wildman–Crippen MR) is 110 cm³/mol. The Labute approximate surface area is 166 Å². The second-order valence-corrected chi connectivity index (χ2v) is 8.28. The average Bonchev–Trinajstić information content (AvgIpc) is 2.93. The molecule has 2 aromatic rings. The van der Waals surface area contributed by atoms with Crippen molar-refractivity contribution in [1.82, 2.24) is 9.88 Å². The molecule has 0 bridgehead atoms. The van der Waals surface area contributed by atoms with Gasteiger partial charge >= 0.3 is 6.09 Å². The number of carbonyl (C=O) groups excluding carboxylic acids is 1. The number of benzene rings is 1. The molecule has 1 aliphatic carbocycles. The smallest absolute Gasteiger partial charge is 0.411 e. The Morgan fingerprint density at radius 1 is 1.11 bits per heavy atom. The van der Waals surface area contributed by atoms with Crippen molar-refractivity contribution < 1.29 is 9.53 Å². The van der Waals surface area contributed by atoms with Gasteiger partial charge in [-0.3, -0.25) is 4.90 Å². The standard InChI is InChI=1S/C22H28N4O2/c1-22(2)19(15-7-4-3-5-8-15)26(21(27)28-22)17-12-10-16(11-13-17)25-18-9-6-14-24-20(18)23/h3-9,14,16-17,19,25H,10-13H2,1-2H3,(H2,23,24). The molecule has 2 fully saturated rings. The van der Waals surface area contributed by atoms with Gasteiger partial charge in [0.15, 0.2) is 0 Å². The van der Waals surface area contributed by atoms with Gasteiger partial charge in [-0.15, -0.1) is 0 Å². The minimum absolute atomic E-state index is 0.0651. The van der Waals surface area contributed by atoms with Crippen molar-refractivity contribution in [2.24, 2.45) is 0 Å². The number of nitrogens with two attached hydrogens (primary N) is 1. The van der Waals surface area contributed by atoms with Gasteiger partial charge in [0.05, 0.1) is 11.7 Å². The number of hydrogen-bond acceptors (Lipinski definition) is 5. The minimum Gasteiger partial charge on any atom is -0.441 e. The van der Waals surface area contributed by atoms with E-state index in [9.17, 15) is 4.79 Å². The zero-order valence-corrected chi connectivity index (χ0v) is 16.5. The summed E-state index contributed by atoms with van der Waals surface area (Å²) in [7, 11) is 0. The highest BCUT2D eigenvalue weighted by Gasteiger charge is 2.51. The topological polar surface area (TPSA) is 80.5 Å². The first-order chi connectivity index (χ1) is 13.5. The van der Waals surface area contributed by atoms with Gasteiger partial charge in [0, 0.05) is 18.3 Å². The first kappa shape index (κ1) is 18.6. The van der Waals surface area contributed by atoms with E-state index in [4.69, 9.17) is 10.5 Å². The molecule has 4 rings (SSSR count). The summed E-state index contributed by atoms with van der Waals surface area (Å²) in [4.78, 5) is 18.9. The van der Waals surface area contributed by atoms with Crippen LogP contribution in [0.2, 0.25) is 0 Å². The van der Waals surface area contributed by atoms with Gasteiger partial charge in [0.1, 0.15) is 11.4 Å². The predicted octanol–water partition coefficient (Wildman–Crippen LogP) is 4.36. The molecule has 3 N–H and O–H groups in total. The molecule has 1 saturated heterocycles. The van der Waals surface area contributed by atoms with Crippen molar-refractivity contribution in [3.8, 4) is 0 Å². The summed E-state index contributed by atoms with van der Waals surface area (Å²) in [6.45, 7) is 4.00. The Kier molecular flexibility index (Phi) is 4.87. The number of hydrogen-bond donors (Lipinski definition) is 2. The maximum absolute atomic E-state index is 12.8. The Hall–Kier alpha value is -2.76. The molecule has 1 saturated carbocycles. The second kappa shape index (κ2) is 7.34. The summed E-state index contributed by atoms with van der Waals surface area (Å²) in [6.07, 6.45) is 5.32. The zero-order chi connectivity index (χ0) is 19.7. The Morgan fingerprint density at radius 3 is 2.50 bits per heavy atom. The van der Waals surface area contributed by atoms with Crippen LogP contribution < -0.4 is 11.1 Å². The highest BCUT2D eigenvalue weighted by molar-refractivity contribution is 5.72. The lowest BCUT2D eigenvalue weighted by atomic mass is 9.86. The van der Waals surface area contributed by atoms with E-state index >= 15 is 0 Å². The van der Waals surface area contributed by atoms with Crippen LogP contribution in [0, 0.1) is 0 Å². The number of anilines is 2. The highest BCUT2D eigenvalue weighted by Crippen LogP contribution is 2.44. The molecule has 1 amide bonds. The maximum Gasteiger partial charge on any atom is 0.411 e. The van der Waals surface area contributed by atoms with E-state index < -0.39 is 5.60 Å². The van der Waals surface area contributed by atoms with E-state index in [0.29, 0.717) is 11.9 Å². The van der Waals surface area contributed by atoms with E-state index in [2.05, 4.69) is 22.4 Å². The van der Waals surface area contributed by atoms with Crippen LogP contribution in [0.3, 0.4) is 0 Å². The fourth-order valence-corrected chi connectivity index (χ4v) is 4.59. The quantitative estimate of drug-likeness (QED) is 0.824. The number of rotatable bonds is 4. The molecule has 6 nitrogen and oxygen atoms in total. The van der Waals surface area contributed by atoms with Crippen molar-refractivity contribution >= 4 is 17.6 Å². The number of nitrogen functional groups attached to an aromatic ring is 1. The van der Waals surface area contributed by atoms with Crippen molar-refractivity contribution in [3.63, 3.8) is 0 Å². The number of cyclic esters (lactones) is 1. The Bertz CT molecular complexity index is 831. The molecule has 1 atom stereocenters. The van der Waals surface area contributed by atoms with Crippen molar-refractivity contribution in [3.05, 3.63) is 54.2 Å². The third-order valence-electron chi connectivity index (χ3n) is 5.90. The molecule has 6 heteroatoms. The number of pyridine rings is 1. The third-order valence-corrected chi connectivity index (χ3v) is 5.90. The lowest BCUT2D eigenvalue weighted by Gasteiger charge is -2.38. The van der Waals surface area contributed by atoms with Crippen molar-refractivity contribution in [2.75, 3.05) is 11.1 Å². The summed E-state index contributed by atoms with van der Waals surface area (Å²) < 4.78 is 5.77. The normalized spacial score (nSPS) is 26.7. The first-order valence-electron chi connectivity index (χ1n) is 9.99. The zero-order valence-electron chi connectivity index (χ0n) is 16.5. The summed E-state index contributed by atoms with van der Waals surface area (Å²) in [5.74, 6) is 0.527. The van der Waals surface area contributed by atoms with Crippen LogP contribution in [-0.2, 0) is 4.74 Å². The molecular weight excluding hydrogens is 352 g/mol. The summed E-state index contributed by atoms with van der Waals surface area (Å²) in [5.41, 5.74) is 7.42. The number of ether oxygens (including phenoxy) is 1. The molecule has 2 aliphatic rings. The second-order valence-electron chi connectivity index (χ2n) is 8.28. The fourth-order valence-electron chi connectivity index (χ4n) is 4.59. The minimum atomic E-state index is -0.544. The van der Waals surface area contributed by atoms with Crippen molar-refractivity contribution in [2.45, 2.75) is 63.3 Å². The molecule has 1 aliphatic heterocycles. The monoisotopic (exact) mass is 380 g/mol. The fraction of sp³-hybridized carbons (Fsp3) is 0.455. The molecule has 1 unspecified atom stereocenters. The maximum atomic E-state index is 12.8. The number of amides is 1. The molecule has 0 radical (unpaired) electrons. The lowest BCUT2D eigenvalue weighted by Crippen LogP contribution is -2.44. The number of nitrogens with zero attached hydrogens (tertiary/aromatic N) is 2.